The molecule has 0 spiro atoms. The fraction of sp³-hybridized carbons (Fsp3) is 0.385. The molecule has 0 fully saturated rings. The lowest BCUT2D eigenvalue weighted by atomic mass is 10.1. The molecular formula is C13H16N2O3. The van der Waals surface area contributed by atoms with Crippen molar-refractivity contribution < 1.29 is 14.6 Å². The Hall–Kier alpha value is -2.22. The zero-order chi connectivity index (χ0) is 13.5. The number of nitriles is 1. The van der Waals surface area contributed by atoms with E-state index in [4.69, 9.17) is 15.1 Å². The molecule has 0 bridgehead atoms. The number of nitrogens with zero attached hydrogens (tertiary/aromatic N) is 1. The van der Waals surface area contributed by atoms with Crippen molar-refractivity contribution in [2.75, 3.05) is 12.4 Å². The first-order valence-electron chi connectivity index (χ1n) is 5.69. The van der Waals surface area contributed by atoms with Gasteiger partial charge in [-0.1, -0.05) is 13.3 Å². The van der Waals surface area contributed by atoms with Gasteiger partial charge < -0.3 is 15.2 Å². The second-order valence-corrected chi connectivity index (χ2v) is 3.85. The number of benzene rings is 1. The van der Waals surface area contributed by atoms with Crippen molar-refractivity contribution >= 4 is 11.7 Å². The van der Waals surface area contributed by atoms with E-state index >= 15 is 0 Å². The molecule has 0 heterocycles. The fourth-order valence-corrected chi connectivity index (χ4v) is 1.61. The van der Waals surface area contributed by atoms with E-state index in [1.54, 1.807) is 18.2 Å². The van der Waals surface area contributed by atoms with Gasteiger partial charge in [0.2, 0.25) is 0 Å². The minimum Gasteiger partial charge on any atom is -0.495 e. The minimum atomic E-state index is -0.900. The number of carboxylic acids is 1. The zero-order valence-electron chi connectivity index (χ0n) is 10.4. The summed E-state index contributed by atoms with van der Waals surface area (Å²) in [5.41, 5.74) is 1.05. The van der Waals surface area contributed by atoms with Crippen LogP contribution >= 0.6 is 0 Å². The Morgan fingerprint density at radius 3 is 2.83 bits per heavy atom. The Morgan fingerprint density at radius 1 is 1.61 bits per heavy atom. The van der Waals surface area contributed by atoms with Crippen LogP contribution in [0.5, 0.6) is 5.75 Å². The summed E-state index contributed by atoms with van der Waals surface area (Å²) >= 11 is 0. The molecule has 5 nitrogen and oxygen atoms in total. The summed E-state index contributed by atoms with van der Waals surface area (Å²) in [7, 11) is 1.48. The van der Waals surface area contributed by atoms with Crippen LogP contribution in [-0.4, -0.2) is 24.2 Å². The molecule has 0 aliphatic carbocycles. The largest absolute Gasteiger partial charge is 0.495 e. The van der Waals surface area contributed by atoms with Crippen LogP contribution in [0.1, 0.15) is 25.3 Å². The maximum Gasteiger partial charge on any atom is 0.326 e. The van der Waals surface area contributed by atoms with Gasteiger partial charge in [0.25, 0.3) is 0 Å². The van der Waals surface area contributed by atoms with Crippen LogP contribution in [0.15, 0.2) is 18.2 Å². The topological polar surface area (TPSA) is 82.3 Å². The van der Waals surface area contributed by atoms with E-state index in [1.165, 1.54) is 7.11 Å². The quantitative estimate of drug-likeness (QED) is 0.806. The molecule has 1 aromatic carbocycles. The van der Waals surface area contributed by atoms with Crippen molar-refractivity contribution in [3.8, 4) is 11.8 Å². The first kappa shape index (κ1) is 13.8. The van der Waals surface area contributed by atoms with Gasteiger partial charge in [-0.25, -0.2) is 4.79 Å². The number of carboxylic acid groups (broad SMARTS) is 1. The van der Waals surface area contributed by atoms with Crippen LogP contribution in [0.4, 0.5) is 5.69 Å². The smallest absolute Gasteiger partial charge is 0.326 e. The Balaban J connectivity index is 2.95. The molecule has 0 amide bonds. The molecule has 0 aliphatic rings. The molecule has 96 valence electrons. The van der Waals surface area contributed by atoms with Gasteiger partial charge in [0, 0.05) is 6.07 Å². The lowest BCUT2D eigenvalue weighted by Gasteiger charge is -2.17. The Morgan fingerprint density at radius 2 is 2.33 bits per heavy atom. The number of carbonyl (C=O) groups is 1. The number of ether oxygens (including phenoxy) is 1. The van der Waals surface area contributed by atoms with E-state index in [1.807, 2.05) is 13.0 Å². The number of hydrogen-bond donors (Lipinski definition) is 2. The van der Waals surface area contributed by atoms with Crippen molar-refractivity contribution in [2.24, 2.45) is 0 Å². The van der Waals surface area contributed by atoms with Gasteiger partial charge in [-0.2, -0.15) is 5.26 Å². The number of hydrogen-bond acceptors (Lipinski definition) is 4. The van der Waals surface area contributed by atoms with Crippen molar-refractivity contribution in [1.82, 2.24) is 0 Å². The highest BCUT2D eigenvalue weighted by molar-refractivity contribution is 5.78. The van der Waals surface area contributed by atoms with Crippen molar-refractivity contribution in [3.63, 3.8) is 0 Å². The fourth-order valence-electron chi connectivity index (χ4n) is 1.61. The summed E-state index contributed by atoms with van der Waals surface area (Å²) in [6.07, 6.45) is 1.29. The first-order valence-corrected chi connectivity index (χ1v) is 5.69. The second-order valence-electron chi connectivity index (χ2n) is 3.85. The molecule has 0 radical (unpaired) electrons. The highest BCUT2D eigenvalue weighted by atomic mass is 16.5. The Kier molecular flexibility index (Phi) is 5.00. The van der Waals surface area contributed by atoms with Crippen LogP contribution in [0.3, 0.4) is 0 Å². The molecule has 1 atom stereocenters. The molecule has 0 aromatic heterocycles. The van der Waals surface area contributed by atoms with E-state index in [-0.39, 0.29) is 0 Å². The first-order chi connectivity index (χ1) is 8.62. The van der Waals surface area contributed by atoms with Gasteiger partial charge >= 0.3 is 5.97 Å². The summed E-state index contributed by atoms with van der Waals surface area (Å²) < 4.78 is 5.14. The second kappa shape index (κ2) is 6.50. The highest BCUT2D eigenvalue weighted by Crippen LogP contribution is 2.26. The van der Waals surface area contributed by atoms with Crippen LogP contribution < -0.4 is 10.1 Å². The summed E-state index contributed by atoms with van der Waals surface area (Å²) in [4.78, 5) is 11.1. The van der Waals surface area contributed by atoms with Gasteiger partial charge in [0.05, 0.1) is 24.4 Å². The molecule has 5 heteroatoms. The van der Waals surface area contributed by atoms with E-state index in [9.17, 15) is 4.79 Å². The van der Waals surface area contributed by atoms with Gasteiger partial charge in [-0.3, -0.25) is 0 Å². The van der Waals surface area contributed by atoms with Gasteiger partial charge in [0.1, 0.15) is 11.8 Å². The van der Waals surface area contributed by atoms with Crippen molar-refractivity contribution in [2.45, 2.75) is 25.8 Å². The predicted molar refractivity (Wildman–Crippen MR) is 67.7 cm³/mol. The highest BCUT2D eigenvalue weighted by Gasteiger charge is 2.17. The molecule has 2 N–H and O–H groups in total. The molecule has 18 heavy (non-hydrogen) atoms. The molecule has 1 rings (SSSR count). The molecule has 1 unspecified atom stereocenters. The minimum absolute atomic E-state index is 0.469. The van der Waals surface area contributed by atoms with E-state index < -0.39 is 12.0 Å². The van der Waals surface area contributed by atoms with E-state index in [2.05, 4.69) is 5.32 Å². The number of nitrogens with one attached hydrogen (secondary N) is 1. The van der Waals surface area contributed by atoms with E-state index in [0.717, 1.165) is 6.42 Å². The third kappa shape index (κ3) is 3.39. The average Bonchev–Trinajstić information content (AvgIpc) is 2.38. The molecular weight excluding hydrogens is 232 g/mol. The van der Waals surface area contributed by atoms with Crippen molar-refractivity contribution in [3.05, 3.63) is 23.8 Å². The van der Waals surface area contributed by atoms with Gasteiger partial charge in [0.15, 0.2) is 0 Å². The summed E-state index contributed by atoms with van der Waals surface area (Å²) in [5, 5.41) is 20.8. The van der Waals surface area contributed by atoms with Crippen LogP contribution in [0.2, 0.25) is 0 Å². The van der Waals surface area contributed by atoms with Crippen molar-refractivity contribution in [1.29, 1.82) is 5.26 Å². The number of aliphatic carboxylic acids is 1. The summed E-state index contributed by atoms with van der Waals surface area (Å²) in [6, 6.07) is 6.20. The van der Waals surface area contributed by atoms with Crippen LogP contribution in [-0.2, 0) is 4.79 Å². The third-order valence-electron chi connectivity index (χ3n) is 2.54. The number of rotatable bonds is 6. The van der Waals surface area contributed by atoms with Crippen LogP contribution in [0.25, 0.3) is 0 Å². The molecule has 1 aromatic rings. The standard InChI is InChI=1S/C13H16N2O3/c1-3-4-11(13(16)17)15-10-6-5-9(8-14)7-12(10)18-2/h5-7,11,15H,3-4H2,1-2H3,(H,16,17). The summed E-state index contributed by atoms with van der Waals surface area (Å²) in [6.45, 7) is 1.92. The number of methoxy groups -OCH3 is 1. The normalized spacial score (nSPS) is 11.4. The van der Waals surface area contributed by atoms with E-state index in [0.29, 0.717) is 23.4 Å². The van der Waals surface area contributed by atoms with Gasteiger partial charge in [-0.05, 0) is 18.6 Å². The molecule has 0 saturated carbocycles. The lowest BCUT2D eigenvalue weighted by Crippen LogP contribution is -2.29. The van der Waals surface area contributed by atoms with Crippen LogP contribution in [0, 0.1) is 11.3 Å². The Labute approximate surface area is 106 Å². The predicted octanol–water partition coefficient (Wildman–Crippen LogP) is 2.23. The molecule has 0 saturated heterocycles. The Bertz CT molecular complexity index is 466. The van der Waals surface area contributed by atoms with Gasteiger partial charge in [-0.15, -0.1) is 0 Å². The maximum atomic E-state index is 11.1. The average molecular weight is 248 g/mol. The number of anilines is 1. The lowest BCUT2D eigenvalue weighted by molar-refractivity contribution is -0.138. The SMILES string of the molecule is CCCC(Nc1ccc(C#N)cc1OC)C(=O)O. The third-order valence-corrected chi connectivity index (χ3v) is 2.54. The maximum absolute atomic E-state index is 11.1. The molecule has 0 aliphatic heterocycles. The summed E-state index contributed by atoms with van der Waals surface area (Å²) in [5.74, 6) is -0.431. The monoisotopic (exact) mass is 248 g/mol. The zero-order valence-corrected chi connectivity index (χ0v) is 10.4.